The molecular weight excluding hydrogens is 168 g/mol. The van der Waals surface area contributed by atoms with Crippen LogP contribution in [0.2, 0.25) is 0 Å². The van der Waals surface area contributed by atoms with Gasteiger partial charge in [-0.15, -0.1) is 0 Å². The summed E-state index contributed by atoms with van der Waals surface area (Å²) in [5.74, 6) is -0.843. The Hall–Kier alpha value is -1.19. The highest BCUT2D eigenvalue weighted by Crippen LogP contribution is 2.22. The minimum absolute atomic E-state index is 0.205. The van der Waals surface area contributed by atoms with Crippen LogP contribution in [0.25, 0.3) is 0 Å². The largest absolute Gasteiger partial charge is 0.477 e. The van der Waals surface area contributed by atoms with E-state index in [-0.39, 0.29) is 6.17 Å². The molecule has 1 unspecified atom stereocenters. The standard InChI is InChI=1S/C9H16N2O2/c1-4-8-10(3)6-7(9(12)13)11(8)5-2/h6,8H,4-5H2,1-3H3,(H,12,13). The number of aliphatic carboxylic acids is 1. The third-order valence-electron chi connectivity index (χ3n) is 2.39. The minimum atomic E-state index is -0.843. The molecule has 0 aromatic carbocycles. The summed E-state index contributed by atoms with van der Waals surface area (Å²) < 4.78 is 0. The predicted octanol–water partition coefficient (Wildman–Crippen LogP) is 0.916. The summed E-state index contributed by atoms with van der Waals surface area (Å²) in [5.41, 5.74) is 0.400. The smallest absolute Gasteiger partial charge is 0.353 e. The summed E-state index contributed by atoms with van der Waals surface area (Å²) in [6, 6.07) is 0. The Morgan fingerprint density at radius 2 is 2.23 bits per heavy atom. The molecule has 0 aromatic rings. The molecule has 74 valence electrons. The summed E-state index contributed by atoms with van der Waals surface area (Å²) in [5, 5.41) is 8.91. The predicted molar refractivity (Wildman–Crippen MR) is 49.9 cm³/mol. The zero-order valence-electron chi connectivity index (χ0n) is 8.32. The van der Waals surface area contributed by atoms with Crippen molar-refractivity contribution in [2.24, 2.45) is 0 Å². The van der Waals surface area contributed by atoms with Gasteiger partial charge in [-0.1, -0.05) is 6.92 Å². The minimum Gasteiger partial charge on any atom is -0.477 e. The molecule has 1 atom stereocenters. The van der Waals surface area contributed by atoms with Crippen LogP contribution in [0.5, 0.6) is 0 Å². The fraction of sp³-hybridized carbons (Fsp3) is 0.667. The van der Waals surface area contributed by atoms with Gasteiger partial charge in [-0.2, -0.15) is 0 Å². The summed E-state index contributed by atoms with van der Waals surface area (Å²) >= 11 is 0. The third-order valence-corrected chi connectivity index (χ3v) is 2.39. The van der Waals surface area contributed by atoms with Gasteiger partial charge in [0.2, 0.25) is 0 Å². The van der Waals surface area contributed by atoms with Crippen molar-refractivity contribution < 1.29 is 9.90 Å². The third kappa shape index (κ3) is 1.61. The van der Waals surface area contributed by atoms with Crippen LogP contribution in [0.1, 0.15) is 20.3 Å². The van der Waals surface area contributed by atoms with Crippen LogP contribution in [-0.4, -0.2) is 40.6 Å². The first kappa shape index (κ1) is 9.89. The number of rotatable bonds is 3. The Labute approximate surface area is 78.4 Å². The molecular formula is C9H16N2O2. The number of hydrogen-bond acceptors (Lipinski definition) is 3. The number of carbonyl (C=O) groups is 1. The SMILES string of the molecule is CCC1N(C)C=C(C(=O)O)N1CC. The highest BCUT2D eigenvalue weighted by Gasteiger charge is 2.30. The van der Waals surface area contributed by atoms with E-state index in [1.54, 1.807) is 6.20 Å². The lowest BCUT2D eigenvalue weighted by Gasteiger charge is -2.29. The van der Waals surface area contributed by atoms with Gasteiger partial charge in [-0.3, -0.25) is 0 Å². The summed E-state index contributed by atoms with van der Waals surface area (Å²) in [6.45, 7) is 4.77. The molecule has 0 saturated heterocycles. The Morgan fingerprint density at radius 1 is 1.62 bits per heavy atom. The van der Waals surface area contributed by atoms with Gasteiger partial charge in [0.1, 0.15) is 11.9 Å². The van der Waals surface area contributed by atoms with Crippen molar-refractivity contribution in [1.29, 1.82) is 0 Å². The van der Waals surface area contributed by atoms with E-state index in [2.05, 4.69) is 6.92 Å². The van der Waals surface area contributed by atoms with Crippen LogP contribution in [0.15, 0.2) is 11.9 Å². The average Bonchev–Trinajstić information content (AvgIpc) is 2.41. The maximum atomic E-state index is 10.8. The molecule has 0 saturated carbocycles. The van der Waals surface area contributed by atoms with Crippen molar-refractivity contribution in [3.05, 3.63) is 11.9 Å². The molecule has 0 radical (unpaired) electrons. The summed E-state index contributed by atoms with van der Waals surface area (Å²) in [4.78, 5) is 14.7. The molecule has 0 fully saturated rings. The topological polar surface area (TPSA) is 43.8 Å². The van der Waals surface area contributed by atoms with Crippen molar-refractivity contribution >= 4 is 5.97 Å². The first-order valence-corrected chi connectivity index (χ1v) is 4.55. The molecule has 4 heteroatoms. The van der Waals surface area contributed by atoms with Crippen molar-refractivity contribution in [3.63, 3.8) is 0 Å². The Balaban J connectivity index is 2.86. The van der Waals surface area contributed by atoms with E-state index in [0.717, 1.165) is 13.0 Å². The monoisotopic (exact) mass is 184 g/mol. The van der Waals surface area contributed by atoms with Gasteiger partial charge in [0.15, 0.2) is 0 Å². The van der Waals surface area contributed by atoms with E-state index < -0.39 is 5.97 Å². The normalized spacial score (nSPS) is 22.1. The van der Waals surface area contributed by atoms with Crippen LogP contribution in [0, 0.1) is 0 Å². The van der Waals surface area contributed by atoms with Gasteiger partial charge < -0.3 is 14.9 Å². The molecule has 0 amide bonds. The van der Waals surface area contributed by atoms with Crippen LogP contribution in [0.3, 0.4) is 0 Å². The highest BCUT2D eigenvalue weighted by atomic mass is 16.4. The molecule has 4 nitrogen and oxygen atoms in total. The molecule has 0 spiro atoms. The van der Waals surface area contributed by atoms with Crippen molar-refractivity contribution in [3.8, 4) is 0 Å². The van der Waals surface area contributed by atoms with Crippen LogP contribution < -0.4 is 0 Å². The van der Waals surface area contributed by atoms with Crippen LogP contribution >= 0.6 is 0 Å². The Morgan fingerprint density at radius 3 is 2.62 bits per heavy atom. The quantitative estimate of drug-likeness (QED) is 0.708. The summed E-state index contributed by atoms with van der Waals surface area (Å²) in [6.07, 6.45) is 2.83. The van der Waals surface area contributed by atoms with E-state index in [0.29, 0.717) is 5.70 Å². The van der Waals surface area contributed by atoms with E-state index in [9.17, 15) is 4.79 Å². The van der Waals surface area contributed by atoms with Gasteiger partial charge in [-0.05, 0) is 13.3 Å². The van der Waals surface area contributed by atoms with Gasteiger partial charge in [0, 0.05) is 19.8 Å². The zero-order chi connectivity index (χ0) is 10.0. The molecule has 1 aliphatic heterocycles. The molecule has 1 aliphatic rings. The lowest BCUT2D eigenvalue weighted by atomic mass is 10.3. The fourth-order valence-electron chi connectivity index (χ4n) is 1.80. The number of carboxylic acid groups (broad SMARTS) is 1. The zero-order valence-corrected chi connectivity index (χ0v) is 8.32. The lowest BCUT2D eigenvalue weighted by molar-refractivity contribution is -0.134. The molecule has 1 heterocycles. The van der Waals surface area contributed by atoms with E-state index >= 15 is 0 Å². The van der Waals surface area contributed by atoms with E-state index in [4.69, 9.17) is 5.11 Å². The second kappa shape index (κ2) is 3.68. The van der Waals surface area contributed by atoms with E-state index in [1.807, 2.05) is 23.8 Å². The molecule has 0 aromatic heterocycles. The second-order valence-corrected chi connectivity index (χ2v) is 3.16. The van der Waals surface area contributed by atoms with Gasteiger partial charge in [-0.25, -0.2) is 4.79 Å². The average molecular weight is 184 g/mol. The van der Waals surface area contributed by atoms with Crippen molar-refractivity contribution in [2.45, 2.75) is 26.4 Å². The van der Waals surface area contributed by atoms with Crippen molar-refractivity contribution in [1.82, 2.24) is 9.80 Å². The molecule has 13 heavy (non-hydrogen) atoms. The van der Waals surface area contributed by atoms with Gasteiger partial charge in [0.05, 0.1) is 0 Å². The highest BCUT2D eigenvalue weighted by molar-refractivity contribution is 5.86. The van der Waals surface area contributed by atoms with Gasteiger partial charge in [0.25, 0.3) is 0 Å². The molecule has 1 N–H and O–H groups in total. The van der Waals surface area contributed by atoms with Crippen molar-refractivity contribution in [2.75, 3.05) is 13.6 Å². The lowest BCUT2D eigenvalue weighted by Crippen LogP contribution is -2.38. The maximum Gasteiger partial charge on any atom is 0.353 e. The molecule has 0 bridgehead atoms. The van der Waals surface area contributed by atoms with Crippen LogP contribution in [0.4, 0.5) is 0 Å². The number of nitrogens with zero attached hydrogens (tertiary/aromatic N) is 2. The Bertz CT molecular complexity index is 238. The maximum absolute atomic E-state index is 10.8. The molecule has 1 rings (SSSR count). The first-order chi connectivity index (χ1) is 6.11. The Kier molecular flexibility index (Phi) is 2.80. The molecule has 0 aliphatic carbocycles. The van der Waals surface area contributed by atoms with Crippen LogP contribution in [-0.2, 0) is 4.79 Å². The van der Waals surface area contributed by atoms with Gasteiger partial charge >= 0.3 is 5.97 Å². The number of carboxylic acids is 1. The van der Waals surface area contributed by atoms with E-state index in [1.165, 1.54) is 0 Å². The fourth-order valence-corrected chi connectivity index (χ4v) is 1.80. The second-order valence-electron chi connectivity index (χ2n) is 3.16. The summed E-state index contributed by atoms with van der Waals surface area (Å²) in [7, 11) is 1.91. The number of hydrogen-bond donors (Lipinski definition) is 1. The number of likely N-dealkylation sites (N-methyl/N-ethyl adjacent to an activating group) is 1. The first-order valence-electron chi connectivity index (χ1n) is 4.55.